The summed E-state index contributed by atoms with van der Waals surface area (Å²) in [7, 11) is 0. The standard InChI is InChI=1S/C16H12ClNO4/c1-9-6-13-15(12(19)7-14(20)22-13)16(21)18(9)8-10-2-4-11(17)5-3-10/h2-7,19H,8H2,1H3. The molecule has 112 valence electrons. The van der Waals surface area contributed by atoms with Gasteiger partial charge >= 0.3 is 5.63 Å². The van der Waals surface area contributed by atoms with E-state index in [2.05, 4.69) is 0 Å². The maximum Gasteiger partial charge on any atom is 0.339 e. The lowest BCUT2D eigenvalue weighted by Crippen LogP contribution is -2.23. The monoisotopic (exact) mass is 317 g/mol. The maximum atomic E-state index is 12.6. The molecule has 3 rings (SSSR count). The summed E-state index contributed by atoms with van der Waals surface area (Å²) in [5.74, 6) is -0.374. The van der Waals surface area contributed by atoms with Crippen LogP contribution < -0.4 is 11.2 Å². The van der Waals surface area contributed by atoms with Gasteiger partial charge in [-0.25, -0.2) is 4.79 Å². The Labute approximate surface area is 130 Å². The molecule has 5 nitrogen and oxygen atoms in total. The van der Waals surface area contributed by atoms with Crippen LogP contribution in [0.25, 0.3) is 11.0 Å². The molecule has 22 heavy (non-hydrogen) atoms. The first-order valence-electron chi connectivity index (χ1n) is 6.57. The summed E-state index contributed by atoms with van der Waals surface area (Å²) >= 11 is 5.85. The molecule has 3 aromatic rings. The second-order valence-electron chi connectivity index (χ2n) is 4.99. The van der Waals surface area contributed by atoms with Gasteiger partial charge in [0.05, 0.1) is 12.6 Å². The number of aromatic hydroxyl groups is 1. The third-order valence-electron chi connectivity index (χ3n) is 3.45. The lowest BCUT2D eigenvalue weighted by molar-refractivity contribution is 0.466. The number of benzene rings is 1. The minimum absolute atomic E-state index is 0.000775. The Morgan fingerprint density at radius 3 is 2.55 bits per heavy atom. The topological polar surface area (TPSA) is 72.4 Å². The van der Waals surface area contributed by atoms with Crippen LogP contribution >= 0.6 is 11.6 Å². The molecule has 0 unspecified atom stereocenters. The predicted molar refractivity (Wildman–Crippen MR) is 83.7 cm³/mol. The zero-order valence-corrected chi connectivity index (χ0v) is 12.4. The molecular weight excluding hydrogens is 306 g/mol. The van der Waals surface area contributed by atoms with Crippen LogP contribution in [0.3, 0.4) is 0 Å². The fourth-order valence-electron chi connectivity index (χ4n) is 2.35. The number of halogens is 1. The van der Waals surface area contributed by atoms with Crippen molar-refractivity contribution in [3.05, 3.63) is 73.5 Å². The van der Waals surface area contributed by atoms with Crippen LogP contribution in [0.4, 0.5) is 0 Å². The second kappa shape index (κ2) is 5.35. The number of fused-ring (bicyclic) bond motifs is 1. The van der Waals surface area contributed by atoms with Crippen molar-refractivity contribution in [3.63, 3.8) is 0 Å². The molecule has 0 amide bonds. The van der Waals surface area contributed by atoms with Gasteiger partial charge in [-0.15, -0.1) is 0 Å². The van der Waals surface area contributed by atoms with E-state index in [9.17, 15) is 14.7 Å². The van der Waals surface area contributed by atoms with Crippen LogP contribution in [-0.4, -0.2) is 9.67 Å². The molecule has 2 heterocycles. The number of hydrogen-bond acceptors (Lipinski definition) is 4. The average molecular weight is 318 g/mol. The Kier molecular flexibility index (Phi) is 3.50. The van der Waals surface area contributed by atoms with Gasteiger partial charge < -0.3 is 14.1 Å². The summed E-state index contributed by atoms with van der Waals surface area (Å²) in [6.45, 7) is 2.07. The SMILES string of the molecule is Cc1cc2oc(=O)cc(O)c2c(=O)n1Cc1ccc(Cl)cc1. The number of aromatic nitrogens is 1. The number of hydrogen-bond donors (Lipinski definition) is 1. The zero-order valence-electron chi connectivity index (χ0n) is 11.7. The van der Waals surface area contributed by atoms with Crippen molar-refractivity contribution < 1.29 is 9.52 Å². The first-order valence-corrected chi connectivity index (χ1v) is 6.95. The Bertz CT molecular complexity index is 970. The molecule has 0 aliphatic rings. The van der Waals surface area contributed by atoms with E-state index >= 15 is 0 Å². The van der Waals surface area contributed by atoms with Gasteiger partial charge in [-0.05, 0) is 24.6 Å². The molecule has 0 atom stereocenters. The highest BCUT2D eigenvalue weighted by atomic mass is 35.5. The van der Waals surface area contributed by atoms with E-state index in [0.29, 0.717) is 17.3 Å². The summed E-state index contributed by atoms with van der Waals surface area (Å²) in [5, 5.41) is 10.5. The molecule has 0 aliphatic heterocycles. The minimum Gasteiger partial charge on any atom is -0.507 e. The highest BCUT2D eigenvalue weighted by molar-refractivity contribution is 6.30. The highest BCUT2D eigenvalue weighted by Gasteiger charge is 2.13. The van der Waals surface area contributed by atoms with Gasteiger partial charge in [0, 0.05) is 16.8 Å². The molecule has 0 saturated carbocycles. The fraction of sp³-hybridized carbons (Fsp3) is 0.125. The lowest BCUT2D eigenvalue weighted by atomic mass is 10.2. The molecule has 0 fully saturated rings. The summed E-state index contributed by atoms with van der Waals surface area (Å²) in [5.41, 5.74) is 0.498. The van der Waals surface area contributed by atoms with Crippen molar-refractivity contribution in [3.8, 4) is 5.75 Å². The fourth-order valence-corrected chi connectivity index (χ4v) is 2.47. The van der Waals surface area contributed by atoms with E-state index in [-0.39, 0.29) is 16.7 Å². The van der Waals surface area contributed by atoms with Crippen LogP contribution in [0.2, 0.25) is 5.02 Å². The summed E-state index contributed by atoms with van der Waals surface area (Å²) in [6, 6.07) is 9.59. The van der Waals surface area contributed by atoms with Crippen LogP contribution in [0, 0.1) is 6.92 Å². The second-order valence-corrected chi connectivity index (χ2v) is 5.43. The molecule has 6 heteroatoms. The third kappa shape index (κ3) is 2.51. The van der Waals surface area contributed by atoms with E-state index in [1.54, 1.807) is 25.1 Å². The van der Waals surface area contributed by atoms with E-state index in [1.165, 1.54) is 4.57 Å². The van der Waals surface area contributed by atoms with E-state index in [4.69, 9.17) is 16.0 Å². The Hall–Kier alpha value is -2.53. The Balaban J connectivity index is 2.20. The van der Waals surface area contributed by atoms with Gasteiger partial charge in [-0.1, -0.05) is 23.7 Å². The molecule has 1 aromatic carbocycles. The highest BCUT2D eigenvalue weighted by Crippen LogP contribution is 2.20. The quantitative estimate of drug-likeness (QED) is 0.788. The minimum atomic E-state index is -0.695. The lowest BCUT2D eigenvalue weighted by Gasteiger charge is -2.11. The van der Waals surface area contributed by atoms with Crippen molar-refractivity contribution in [2.75, 3.05) is 0 Å². The number of nitrogens with zero attached hydrogens (tertiary/aromatic N) is 1. The first kappa shape index (κ1) is 14.4. The largest absolute Gasteiger partial charge is 0.507 e. The van der Waals surface area contributed by atoms with Gasteiger partial charge in [0.1, 0.15) is 16.7 Å². The normalized spacial score (nSPS) is 11.0. The van der Waals surface area contributed by atoms with Crippen molar-refractivity contribution in [2.45, 2.75) is 13.5 Å². The van der Waals surface area contributed by atoms with Crippen molar-refractivity contribution in [1.82, 2.24) is 4.57 Å². The van der Waals surface area contributed by atoms with E-state index in [0.717, 1.165) is 11.6 Å². The summed E-state index contributed by atoms with van der Waals surface area (Å²) in [6.07, 6.45) is 0. The van der Waals surface area contributed by atoms with E-state index < -0.39 is 11.2 Å². The van der Waals surface area contributed by atoms with Crippen LogP contribution in [0.1, 0.15) is 11.3 Å². The molecule has 2 aromatic heterocycles. The van der Waals surface area contributed by atoms with E-state index in [1.807, 2.05) is 12.1 Å². The Morgan fingerprint density at radius 2 is 1.86 bits per heavy atom. The van der Waals surface area contributed by atoms with Gasteiger partial charge in [0.15, 0.2) is 0 Å². The molecule has 0 radical (unpaired) electrons. The maximum absolute atomic E-state index is 12.6. The number of pyridine rings is 1. The summed E-state index contributed by atoms with van der Waals surface area (Å²) < 4.78 is 6.48. The Morgan fingerprint density at radius 1 is 1.18 bits per heavy atom. The van der Waals surface area contributed by atoms with Gasteiger partial charge in [0.25, 0.3) is 5.56 Å². The number of aryl methyl sites for hydroxylation is 1. The predicted octanol–water partition coefficient (Wildman–Crippen LogP) is 2.67. The molecule has 1 N–H and O–H groups in total. The summed E-state index contributed by atoms with van der Waals surface area (Å²) in [4.78, 5) is 23.9. The first-order chi connectivity index (χ1) is 10.5. The molecule has 0 saturated heterocycles. The van der Waals surface area contributed by atoms with Gasteiger partial charge in [-0.3, -0.25) is 4.79 Å². The smallest absolute Gasteiger partial charge is 0.339 e. The molecule has 0 bridgehead atoms. The van der Waals surface area contributed by atoms with Crippen LogP contribution in [0.15, 0.2) is 50.4 Å². The zero-order chi connectivity index (χ0) is 15.9. The molecule has 0 spiro atoms. The van der Waals surface area contributed by atoms with Crippen molar-refractivity contribution >= 4 is 22.6 Å². The van der Waals surface area contributed by atoms with Gasteiger partial charge in [0.2, 0.25) is 0 Å². The van der Waals surface area contributed by atoms with Crippen LogP contribution in [0.5, 0.6) is 5.75 Å². The number of rotatable bonds is 2. The van der Waals surface area contributed by atoms with Crippen LogP contribution in [-0.2, 0) is 6.54 Å². The van der Waals surface area contributed by atoms with Gasteiger partial charge in [-0.2, -0.15) is 0 Å². The third-order valence-corrected chi connectivity index (χ3v) is 3.70. The molecular formula is C16H12ClNO4. The molecule has 0 aliphatic carbocycles. The van der Waals surface area contributed by atoms with Crippen molar-refractivity contribution in [2.24, 2.45) is 0 Å². The van der Waals surface area contributed by atoms with Crippen molar-refractivity contribution in [1.29, 1.82) is 0 Å². The average Bonchev–Trinajstić information content (AvgIpc) is 2.44.